The number of carboxylic acids is 1. The molecule has 0 spiro atoms. The minimum absolute atomic E-state index is 0.0854. The molecule has 0 radical (unpaired) electrons. The van der Waals surface area contributed by atoms with Crippen LogP contribution < -0.4 is 5.32 Å². The highest BCUT2D eigenvalue weighted by Crippen LogP contribution is 2.11. The van der Waals surface area contributed by atoms with Crippen molar-refractivity contribution >= 4 is 17.7 Å². The maximum atomic E-state index is 12.1. The number of amides is 1. The lowest BCUT2D eigenvalue weighted by molar-refractivity contribution is -0.116. The molecule has 0 unspecified atom stereocenters. The number of aromatic carboxylic acids is 1. The third kappa shape index (κ3) is 4.11. The van der Waals surface area contributed by atoms with Crippen molar-refractivity contribution in [1.82, 2.24) is 19.6 Å². The van der Waals surface area contributed by atoms with E-state index >= 15 is 0 Å². The van der Waals surface area contributed by atoms with Gasteiger partial charge in [0.05, 0.1) is 6.54 Å². The molecule has 3 rings (SSSR count). The number of carbonyl (C=O) groups excluding carboxylic acids is 1. The van der Waals surface area contributed by atoms with Gasteiger partial charge in [-0.2, -0.15) is 10.2 Å². The topological polar surface area (TPSA) is 102 Å². The van der Waals surface area contributed by atoms with E-state index in [1.54, 1.807) is 10.7 Å². The van der Waals surface area contributed by atoms with Crippen molar-refractivity contribution < 1.29 is 14.7 Å². The van der Waals surface area contributed by atoms with Crippen LogP contribution in [0.4, 0.5) is 5.82 Å². The summed E-state index contributed by atoms with van der Waals surface area (Å²) in [5.41, 5.74) is 1.94. The molecule has 8 heteroatoms. The second-order valence-corrected chi connectivity index (χ2v) is 5.57. The smallest absolute Gasteiger partial charge is 0.356 e. The van der Waals surface area contributed by atoms with Gasteiger partial charge in [-0.05, 0) is 18.6 Å². The van der Waals surface area contributed by atoms with Gasteiger partial charge in [-0.25, -0.2) is 4.79 Å². The highest BCUT2D eigenvalue weighted by atomic mass is 16.4. The minimum Gasteiger partial charge on any atom is -0.476 e. The van der Waals surface area contributed by atoms with Gasteiger partial charge in [0.2, 0.25) is 5.91 Å². The predicted octanol–water partition coefficient (Wildman–Crippen LogP) is 1.77. The summed E-state index contributed by atoms with van der Waals surface area (Å²) in [6.45, 7) is 2.44. The largest absolute Gasteiger partial charge is 0.476 e. The molecule has 25 heavy (non-hydrogen) atoms. The number of aryl methyl sites for hydroxylation is 1. The van der Waals surface area contributed by atoms with E-state index in [0.717, 1.165) is 11.3 Å². The van der Waals surface area contributed by atoms with Gasteiger partial charge >= 0.3 is 5.97 Å². The predicted molar refractivity (Wildman–Crippen MR) is 90.3 cm³/mol. The van der Waals surface area contributed by atoms with Crippen LogP contribution in [0.5, 0.6) is 0 Å². The molecular formula is C17H17N5O3. The quantitative estimate of drug-likeness (QED) is 0.712. The number of carbonyl (C=O) groups is 2. The summed E-state index contributed by atoms with van der Waals surface area (Å²) in [6, 6.07) is 13.0. The molecule has 0 fully saturated rings. The van der Waals surface area contributed by atoms with Crippen molar-refractivity contribution in [2.45, 2.75) is 20.0 Å². The number of aromatic nitrogens is 4. The van der Waals surface area contributed by atoms with Crippen molar-refractivity contribution in [1.29, 1.82) is 0 Å². The fourth-order valence-corrected chi connectivity index (χ4v) is 2.38. The van der Waals surface area contributed by atoms with Gasteiger partial charge in [0.15, 0.2) is 11.5 Å². The first-order valence-corrected chi connectivity index (χ1v) is 7.66. The summed E-state index contributed by atoms with van der Waals surface area (Å²) >= 11 is 0. The molecule has 0 aliphatic rings. The number of benzene rings is 1. The lowest BCUT2D eigenvalue weighted by Crippen LogP contribution is -2.20. The van der Waals surface area contributed by atoms with Crippen LogP contribution in [0.1, 0.15) is 21.7 Å². The Morgan fingerprint density at radius 2 is 1.92 bits per heavy atom. The molecule has 0 saturated heterocycles. The second kappa shape index (κ2) is 7.00. The average Bonchev–Trinajstić information content (AvgIpc) is 3.16. The molecule has 0 aliphatic carbocycles. The van der Waals surface area contributed by atoms with E-state index in [2.05, 4.69) is 15.5 Å². The van der Waals surface area contributed by atoms with Gasteiger partial charge in [-0.3, -0.25) is 14.2 Å². The van der Waals surface area contributed by atoms with Gasteiger partial charge in [-0.15, -0.1) is 0 Å². The molecule has 128 valence electrons. The van der Waals surface area contributed by atoms with Crippen molar-refractivity contribution in [3.05, 3.63) is 65.6 Å². The summed E-state index contributed by atoms with van der Waals surface area (Å²) in [5, 5.41) is 19.7. The SMILES string of the molecule is Cc1cc(NC(=O)Cn2ccc(C(=O)O)n2)nn1Cc1ccccc1. The van der Waals surface area contributed by atoms with Crippen LogP contribution in [-0.4, -0.2) is 36.5 Å². The molecule has 8 nitrogen and oxygen atoms in total. The number of nitrogens with zero attached hydrogens (tertiary/aromatic N) is 4. The Balaban J connectivity index is 1.63. The highest BCUT2D eigenvalue weighted by Gasteiger charge is 2.11. The zero-order chi connectivity index (χ0) is 17.8. The normalized spacial score (nSPS) is 10.6. The van der Waals surface area contributed by atoms with Crippen molar-refractivity contribution in [3.63, 3.8) is 0 Å². The van der Waals surface area contributed by atoms with Crippen LogP contribution in [-0.2, 0) is 17.9 Å². The van der Waals surface area contributed by atoms with Crippen LogP contribution in [0.3, 0.4) is 0 Å². The first-order chi connectivity index (χ1) is 12.0. The Morgan fingerprint density at radius 1 is 1.16 bits per heavy atom. The van der Waals surface area contributed by atoms with E-state index < -0.39 is 5.97 Å². The molecule has 2 N–H and O–H groups in total. The van der Waals surface area contributed by atoms with E-state index in [9.17, 15) is 9.59 Å². The highest BCUT2D eigenvalue weighted by molar-refractivity contribution is 5.89. The average molecular weight is 339 g/mol. The van der Waals surface area contributed by atoms with Gasteiger partial charge in [0.1, 0.15) is 6.54 Å². The standard InChI is InChI=1S/C17H17N5O3/c1-12-9-15(20-22(12)10-13-5-3-2-4-6-13)18-16(23)11-21-8-7-14(19-21)17(24)25/h2-9H,10-11H2,1H3,(H,24,25)(H,18,20,23). The number of hydrogen-bond acceptors (Lipinski definition) is 4. The van der Waals surface area contributed by atoms with Crippen LogP contribution in [0, 0.1) is 6.92 Å². The third-order valence-corrected chi connectivity index (χ3v) is 3.59. The van der Waals surface area contributed by atoms with Gasteiger partial charge in [-0.1, -0.05) is 30.3 Å². The van der Waals surface area contributed by atoms with Gasteiger partial charge < -0.3 is 10.4 Å². The van der Waals surface area contributed by atoms with E-state index in [0.29, 0.717) is 12.4 Å². The molecule has 2 heterocycles. The van der Waals surface area contributed by atoms with Gasteiger partial charge in [0, 0.05) is 18.0 Å². The van der Waals surface area contributed by atoms with Crippen LogP contribution in [0.15, 0.2) is 48.7 Å². The molecular weight excluding hydrogens is 322 g/mol. The fourth-order valence-electron chi connectivity index (χ4n) is 2.38. The Morgan fingerprint density at radius 3 is 2.60 bits per heavy atom. The summed E-state index contributed by atoms with van der Waals surface area (Å²) in [7, 11) is 0. The molecule has 0 bridgehead atoms. The molecule has 2 aromatic heterocycles. The van der Waals surface area contributed by atoms with E-state index in [1.807, 2.05) is 37.3 Å². The zero-order valence-corrected chi connectivity index (χ0v) is 13.6. The van der Waals surface area contributed by atoms with Crippen molar-refractivity contribution in [2.75, 3.05) is 5.32 Å². The second-order valence-electron chi connectivity index (χ2n) is 5.57. The first kappa shape index (κ1) is 16.4. The van der Waals surface area contributed by atoms with Crippen LogP contribution in [0.2, 0.25) is 0 Å². The monoisotopic (exact) mass is 339 g/mol. The summed E-state index contributed by atoms with van der Waals surface area (Å²) < 4.78 is 3.08. The van der Waals surface area contributed by atoms with E-state index in [4.69, 9.17) is 5.11 Å². The van der Waals surface area contributed by atoms with Crippen LogP contribution in [0.25, 0.3) is 0 Å². The molecule has 1 aromatic carbocycles. The Hall–Kier alpha value is -3.42. The van der Waals surface area contributed by atoms with Crippen LogP contribution >= 0.6 is 0 Å². The Bertz CT molecular complexity index is 898. The number of carboxylic acid groups (broad SMARTS) is 1. The molecule has 0 saturated carbocycles. The summed E-state index contributed by atoms with van der Waals surface area (Å²) in [5.74, 6) is -1.01. The molecule has 0 aliphatic heterocycles. The summed E-state index contributed by atoms with van der Waals surface area (Å²) in [4.78, 5) is 22.9. The van der Waals surface area contributed by atoms with Crippen molar-refractivity contribution in [2.24, 2.45) is 0 Å². The number of rotatable bonds is 6. The number of nitrogens with one attached hydrogen (secondary N) is 1. The lowest BCUT2D eigenvalue weighted by Gasteiger charge is -2.04. The zero-order valence-electron chi connectivity index (χ0n) is 13.6. The number of hydrogen-bond donors (Lipinski definition) is 2. The Kier molecular flexibility index (Phi) is 4.60. The maximum absolute atomic E-state index is 12.1. The minimum atomic E-state index is -1.13. The number of anilines is 1. The van der Waals surface area contributed by atoms with E-state index in [1.165, 1.54) is 16.9 Å². The first-order valence-electron chi connectivity index (χ1n) is 7.66. The van der Waals surface area contributed by atoms with E-state index in [-0.39, 0.29) is 18.1 Å². The molecule has 1 amide bonds. The molecule has 0 atom stereocenters. The fraction of sp³-hybridized carbons (Fsp3) is 0.176. The third-order valence-electron chi connectivity index (χ3n) is 3.59. The van der Waals surface area contributed by atoms with Crippen molar-refractivity contribution in [3.8, 4) is 0 Å². The maximum Gasteiger partial charge on any atom is 0.356 e. The van der Waals surface area contributed by atoms with Gasteiger partial charge in [0.25, 0.3) is 0 Å². The lowest BCUT2D eigenvalue weighted by atomic mass is 10.2. The summed E-state index contributed by atoms with van der Waals surface area (Å²) in [6.07, 6.45) is 1.45. The Labute approximate surface area is 143 Å². The molecule has 3 aromatic rings.